The summed E-state index contributed by atoms with van der Waals surface area (Å²) in [6.07, 6.45) is 2.52. The van der Waals surface area contributed by atoms with E-state index in [0.717, 1.165) is 28.8 Å². The molecular formula is C20H25N3O5. The molecule has 1 amide bonds. The van der Waals surface area contributed by atoms with E-state index in [1.165, 1.54) is 0 Å². The first-order chi connectivity index (χ1) is 13.5. The third-order valence-electron chi connectivity index (χ3n) is 4.69. The highest BCUT2D eigenvalue weighted by atomic mass is 16.5. The summed E-state index contributed by atoms with van der Waals surface area (Å²) in [7, 11) is 1.66. The highest BCUT2D eigenvalue weighted by Crippen LogP contribution is 2.22. The molecule has 8 nitrogen and oxygen atoms in total. The minimum absolute atomic E-state index is 0.0119. The van der Waals surface area contributed by atoms with Gasteiger partial charge in [-0.3, -0.25) is 9.59 Å². The lowest BCUT2D eigenvalue weighted by atomic mass is 10.0. The molecule has 2 aromatic rings. The summed E-state index contributed by atoms with van der Waals surface area (Å²) in [5.74, 6) is -0.129. The topological polar surface area (TPSA) is 111 Å². The molecule has 0 spiro atoms. The Morgan fingerprint density at radius 3 is 2.64 bits per heavy atom. The number of ether oxygens (including phenoxy) is 2. The monoisotopic (exact) mass is 387 g/mol. The highest BCUT2D eigenvalue weighted by Gasteiger charge is 2.27. The molecule has 0 radical (unpaired) electrons. The quantitative estimate of drug-likeness (QED) is 0.772. The van der Waals surface area contributed by atoms with Gasteiger partial charge in [0.1, 0.15) is 0 Å². The molecule has 1 aromatic heterocycles. The average molecular weight is 387 g/mol. The maximum absolute atomic E-state index is 12.5. The summed E-state index contributed by atoms with van der Waals surface area (Å²) in [5.41, 5.74) is 4.57. The van der Waals surface area contributed by atoms with Gasteiger partial charge in [0.2, 0.25) is 0 Å². The number of aryl methyl sites for hydroxylation is 1. The molecule has 2 N–H and O–H groups in total. The highest BCUT2D eigenvalue weighted by molar-refractivity contribution is 5.94. The van der Waals surface area contributed by atoms with E-state index in [1.807, 2.05) is 26.0 Å². The molecule has 0 unspecified atom stereocenters. The van der Waals surface area contributed by atoms with Crippen molar-refractivity contribution >= 4 is 12.4 Å². The maximum Gasteiger partial charge on any atom is 0.290 e. The summed E-state index contributed by atoms with van der Waals surface area (Å²) in [6, 6.07) is 7.28. The fraction of sp³-hybridized carbons (Fsp3) is 0.400. The minimum atomic E-state index is -0.250. The molecule has 1 fully saturated rings. The van der Waals surface area contributed by atoms with E-state index in [1.54, 1.807) is 25.4 Å². The van der Waals surface area contributed by atoms with Crippen molar-refractivity contribution in [2.45, 2.75) is 32.4 Å². The van der Waals surface area contributed by atoms with Crippen LogP contribution < -0.4 is 5.32 Å². The van der Waals surface area contributed by atoms with Gasteiger partial charge in [-0.25, -0.2) is 0 Å². The van der Waals surface area contributed by atoms with Crippen LogP contribution in [-0.2, 0) is 14.3 Å². The Bertz CT molecular complexity index is 795. The van der Waals surface area contributed by atoms with E-state index in [4.69, 9.17) is 19.4 Å². The number of rotatable bonds is 4. The van der Waals surface area contributed by atoms with E-state index < -0.39 is 0 Å². The molecule has 0 aliphatic carbocycles. The zero-order valence-corrected chi connectivity index (χ0v) is 16.2. The first-order valence-corrected chi connectivity index (χ1v) is 8.90. The van der Waals surface area contributed by atoms with Gasteiger partial charge >= 0.3 is 0 Å². The standard InChI is InChI=1S/C19H23N3O3.CH2O2/c1-12-10-20-22-18(13(12)2)14-4-6-15(7-5-14)19(23)21-16-11-25-9-8-17(16)24-3;2-1-3/h4-7,10,16-17H,8-9,11H2,1-3H3,(H,21,23);1H,(H,2,3)/t16-,17-;/m1./s1. The Labute approximate surface area is 163 Å². The Balaban J connectivity index is 0.000000878. The molecule has 28 heavy (non-hydrogen) atoms. The molecule has 150 valence electrons. The number of carbonyl (C=O) groups excluding carboxylic acids is 1. The Morgan fingerprint density at radius 1 is 1.32 bits per heavy atom. The molecule has 2 atom stereocenters. The van der Waals surface area contributed by atoms with Gasteiger partial charge in [-0.05, 0) is 43.5 Å². The summed E-state index contributed by atoms with van der Waals surface area (Å²) < 4.78 is 10.9. The summed E-state index contributed by atoms with van der Waals surface area (Å²) in [5, 5.41) is 18.1. The molecule has 8 heteroatoms. The number of carboxylic acid groups (broad SMARTS) is 1. The van der Waals surface area contributed by atoms with Gasteiger partial charge < -0.3 is 19.9 Å². The molecule has 1 aliphatic heterocycles. The number of amides is 1. The fourth-order valence-electron chi connectivity index (χ4n) is 2.97. The number of carbonyl (C=O) groups is 2. The second-order valence-corrected chi connectivity index (χ2v) is 6.40. The van der Waals surface area contributed by atoms with Crippen LogP contribution >= 0.6 is 0 Å². The molecule has 1 aliphatic rings. The number of hydrogen-bond acceptors (Lipinski definition) is 6. The second kappa shape index (κ2) is 10.5. The molecule has 0 bridgehead atoms. The van der Waals surface area contributed by atoms with Crippen molar-refractivity contribution < 1.29 is 24.2 Å². The van der Waals surface area contributed by atoms with Crippen LogP contribution in [0.1, 0.15) is 27.9 Å². The lowest BCUT2D eigenvalue weighted by molar-refractivity contribution is -0.122. The fourth-order valence-corrected chi connectivity index (χ4v) is 2.97. The summed E-state index contributed by atoms with van der Waals surface area (Å²) in [4.78, 5) is 20.9. The van der Waals surface area contributed by atoms with Gasteiger partial charge in [0, 0.05) is 24.8 Å². The minimum Gasteiger partial charge on any atom is -0.483 e. The van der Waals surface area contributed by atoms with Crippen LogP contribution in [0.4, 0.5) is 0 Å². The van der Waals surface area contributed by atoms with Gasteiger partial charge in [-0.1, -0.05) is 12.1 Å². The average Bonchev–Trinajstić information content (AvgIpc) is 2.71. The molecule has 2 heterocycles. The van der Waals surface area contributed by atoms with Crippen LogP contribution in [0.3, 0.4) is 0 Å². The van der Waals surface area contributed by atoms with E-state index >= 15 is 0 Å². The SMILES string of the molecule is CO[C@@H]1CCOC[C@H]1NC(=O)c1ccc(-c2nncc(C)c2C)cc1.O=CO. The van der Waals surface area contributed by atoms with Gasteiger partial charge in [-0.2, -0.15) is 10.2 Å². The number of methoxy groups -OCH3 is 1. The molecule has 1 aromatic carbocycles. The van der Waals surface area contributed by atoms with E-state index in [-0.39, 0.29) is 24.5 Å². The number of benzene rings is 1. The number of hydrogen-bond donors (Lipinski definition) is 2. The largest absolute Gasteiger partial charge is 0.483 e. The van der Waals surface area contributed by atoms with Crippen LogP contribution in [0.5, 0.6) is 0 Å². The zero-order chi connectivity index (χ0) is 20.5. The Kier molecular flexibility index (Phi) is 8.03. The number of nitrogens with one attached hydrogen (secondary N) is 1. The zero-order valence-electron chi connectivity index (χ0n) is 16.2. The van der Waals surface area contributed by atoms with Crippen LogP contribution in [0.15, 0.2) is 30.5 Å². The second-order valence-electron chi connectivity index (χ2n) is 6.40. The van der Waals surface area contributed by atoms with Gasteiger partial charge in [0.05, 0.1) is 30.6 Å². The van der Waals surface area contributed by atoms with Crippen molar-refractivity contribution in [2.24, 2.45) is 0 Å². The van der Waals surface area contributed by atoms with E-state index in [9.17, 15) is 4.79 Å². The van der Waals surface area contributed by atoms with Crippen molar-refractivity contribution in [3.63, 3.8) is 0 Å². The van der Waals surface area contributed by atoms with Crippen molar-refractivity contribution in [3.8, 4) is 11.3 Å². The first-order valence-electron chi connectivity index (χ1n) is 8.90. The van der Waals surface area contributed by atoms with E-state index in [0.29, 0.717) is 18.8 Å². The predicted molar refractivity (Wildman–Crippen MR) is 103 cm³/mol. The molecular weight excluding hydrogens is 362 g/mol. The third-order valence-corrected chi connectivity index (χ3v) is 4.69. The van der Waals surface area contributed by atoms with Crippen LogP contribution in [0.25, 0.3) is 11.3 Å². The van der Waals surface area contributed by atoms with Crippen molar-refractivity contribution in [1.82, 2.24) is 15.5 Å². The van der Waals surface area contributed by atoms with Crippen molar-refractivity contribution in [1.29, 1.82) is 0 Å². The van der Waals surface area contributed by atoms with Crippen LogP contribution in [0.2, 0.25) is 0 Å². The molecule has 3 rings (SSSR count). The van der Waals surface area contributed by atoms with Crippen LogP contribution in [-0.4, -0.2) is 60.2 Å². The predicted octanol–water partition coefficient (Wildman–Crippen LogP) is 1.99. The van der Waals surface area contributed by atoms with Crippen LogP contribution in [0, 0.1) is 13.8 Å². The number of aromatic nitrogens is 2. The van der Waals surface area contributed by atoms with Crippen molar-refractivity contribution in [2.75, 3.05) is 20.3 Å². The van der Waals surface area contributed by atoms with Gasteiger partial charge in [0.15, 0.2) is 0 Å². The number of nitrogens with zero attached hydrogens (tertiary/aromatic N) is 2. The third kappa shape index (κ3) is 5.34. The maximum atomic E-state index is 12.5. The lowest BCUT2D eigenvalue weighted by Gasteiger charge is -2.31. The normalized spacial score (nSPS) is 18.5. The molecule has 1 saturated heterocycles. The summed E-state index contributed by atoms with van der Waals surface area (Å²) >= 11 is 0. The lowest BCUT2D eigenvalue weighted by Crippen LogP contribution is -2.50. The Morgan fingerprint density at radius 2 is 2.00 bits per heavy atom. The summed E-state index contributed by atoms with van der Waals surface area (Å²) in [6.45, 7) is 4.92. The first kappa shape index (κ1) is 21.5. The van der Waals surface area contributed by atoms with Gasteiger partial charge in [0.25, 0.3) is 12.4 Å². The van der Waals surface area contributed by atoms with Crippen molar-refractivity contribution in [3.05, 3.63) is 47.2 Å². The molecule has 0 saturated carbocycles. The Hall–Kier alpha value is -2.84. The van der Waals surface area contributed by atoms with E-state index in [2.05, 4.69) is 15.5 Å². The van der Waals surface area contributed by atoms with Gasteiger partial charge in [-0.15, -0.1) is 0 Å². The smallest absolute Gasteiger partial charge is 0.290 e.